The Morgan fingerprint density at radius 3 is 2.68 bits per heavy atom. The van der Waals surface area contributed by atoms with Gasteiger partial charge in [-0.1, -0.05) is 32.0 Å². The number of fused-ring (bicyclic) bond motifs is 6. The van der Waals surface area contributed by atoms with Crippen LogP contribution in [0, 0.1) is 40.4 Å². The van der Waals surface area contributed by atoms with Crippen LogP contribution in [0.5, 0.6) is 0 Å². The van der Waals surface area contributed by atoms with Gasteiger partial charge in [-0.3, -0.25) is 9.48 Å². The van der Waals surface area contributed by atoms with E-state index in [4.69, 9.17) is 0 Å². The van der Waals surface area contributed by atoms with Gasteiger partial charge in [0.15, 0.2) is 5.78 Å². The summed E-state index contributed by atoms with van der Waals surface area (Å²) in [5.74, 6) is 3.49. The molecule has 4 fully saturated rings. The Labute approximate surface area is 204 Å². The van der Waals surface area contributed by atoms with E-state index in [1.54, 1.807) is 0 Å². The van der Waals surface area contributed by atoms with Crippen molar-refractivity contribution in [3.8, 4) is 0 Å². The average Bonchev–Trinajstić information content (AvgIpc) is 3.38. The molecule has 4 saturated carbocycles. The number of Topliss-reactive ketones (excluding diaryl/α,β-unsaturated/α-hetero) is 1. The second-order valence-corrected chi connectivity index (χ2v) is 13.0. The number of aromatic nitrogens is 2. The predicted molar refractivity (Wildman–Crippen MR) is 135 cm³/mol. The van der Waals surface area contributed by atoms with Gasteiger partial charge in [-0.2, -0.15) is 5.10 Å². The van der Waals surface area contributed by atoms with Crippen LogP contribution in [0.4, 0.5) is 0 Å². The van der Waals surface area contributed by atoms with Gasteiger partial charge in [0.05, 0.1) is 17.7 Å². The highest BCUT2D eigenvalue weighted by atomic mass is 16.3. The maximum atomic E-state index is 13.6. The maximum Gasteiger partial charge on any atom is 0.157 e. The summed E-state index contributed by atoms with van der Waals surface area (Å²) in [4.78, 5) is 13.6. The third-order valence-electron chi connectivity index (χ3n) is 11.5. The number of hydrogen-bond acceptors (Lipinski definition) is 3. The zero-order valence-corrected chi connectivity index (χ0v) is 21.3. The van der Waals surface area contributed by atoms with Crippen LogP contribution in [0.3, 0.4) is 0 Å². The largest absolute Gasteiger partial charge is 0.390 e. The molecular weight excluding hydrogens is 420 g/mol. The minimum absolute atomic E-state index is 0.146. The average molecular weight is 463 g/mol. The van der Waals surface area contributed by atoms with Crippen molar-refractivity contribution in [2.24, 2.45) is 40.4 Å². The van der Waals surface area contributed by atoms with Gasteiger partial charge in [0, 0.05) is 17.5 Å². The van der Waals surface area contributed by atoms with E-state index in [-0.39, 0.29) is 11.3 Å². The molecule has 0 radical (unpaired) electrons. The van der Waals surface area contributed by atoms with E-state index in [2.05, 4.69) is 31.9 Å². The van der Waals surface area contributed by atoms with Crippen molar-refractivity contribution in [2.45, 2.75) is 97.1 Å². The fraction of sp³-hybridized carbons (Fsp3) is 0.733. The van der Waals surface area contributed by atoms with Crippen LogP contribution in [0.1, 0.15) is 85.0 Å². The smallest absolute Gasteiger partial charge is 0.157 e. The summed E-state index contributed by atoms with van der Waals surface area (Å²) in [7, 11) is 0. The molecule has 1 heterocycles. The molecule has 0 bridgehead atoms. The SMILES string of the molecule is CC[C@]12CC[C@@](C)(O)C[C@@H]1CC[C@H]1[C@@H]3CC[C@H](C(=O)Cn4cc5ccccc5n4)[C@@]3(C)CC[C@@H]12. The van der Waals surface area contributed by atoms with E-state index in [1.807, 2.05) is 29.1 Å². The van der Waals surface area contributed by atoms with Crippen molar-refractivity contribution in [1.29, 1.82) is 0 Å². The molecule has 1 aromatic heterocycles. The number of hydrogen-bond donors (Lipinski definition) is 1. The Balaban J connectivity index is 1.22. The Morgan fingerprint density at radius 1 is 1.06 bits per heavy atom. The van der Waals surface area contributed by atoms with Gasteiger partial charge in [-0.05, 0) is 112 Å². The van der Waals surface area contributed by atoms with Crippen molar-refractivity contribution in [1.82, 2.24) is 9.78 Å². The molecule has 4 heteroatoms. The molecule has 0 amide bonds. The quantitative estimate of drug-likeness (QED) is 0.571. The van der Waals surface area contributed by atoms with Crippen LogP contribution in [0.15, 0.2) is 30.5 Å². The van der Waals surface area contributed by atoms with Gasteiger partial charge in [-0.15, -0.1) is 0 Å². The van der Waals surface area contributed by atoms with Crippen molar-refractivity contribution in [3.63, 3.8) is 0 Å². The molecule has 1 N–H and O–H groups in total. The number of rotatable bonds is 4. The maximum absolute atomic E-state index is 13.6. The van der Waals surface area contributed by atoms with Gasteiger partial charge in [0.1, 0.15) is 0 Å². The van der Waals surface area contributed by atoms with Crippen LogP contribution < -0.4 is 0 Å². The molecule has 184 valence electrons. The normalized spacial score (nSPS) is 43.8. The molecule has 0 aliphatic heterocycles. The molecule has 4 aliphatic rings. The molecule has 0 unspecified atom stereocenters. The highest BCUT2D eigenvalue weighted by molar-refractivity contribution is 5.83. The Hall–Kier alpha value is -1.68. The monoisotopic (exact) mass is 462 g/mol. The van der Waals surface area contributed by atoms with Crippen LogP contribution >= 0.6 is 0 Å². The molecule has 0 saturated heterocycles. The standard InChI is InChI=1S/C30H42N2O2/c1-4-30-16-15-28(2,34)17-21(30)9-10-22-23-11-12-25(29(23,3)14-13-24(22)30)27(33)19-32-18-20-7-5-6-8-26(20)31-32/h5-8,18,21-25,34H,4,9-17,19H2,1-3H3/t21-,22-,23-,24-,25+,28+,29-,30-/m0/s1. The van der Waals surface area contributed by atoms with Crippen molar-refractivity contribution >= 4 is 16.7 Å². The summed E-state index contributed by atoms with van der Waals surface area (Å²) >= 11 is 0. The lowest BCUT2D eigenvalue weighted by molar-refractivity contribution is -0.158. The van der Waals surface area contributed by atoms with Crippen LogP contribution in [-0.4, -0.2) is 26.3 Å². The van der Waals surface area contributed by atoms with Crippen molar-refractivity contribution in [3.05, 3.63) is 30.5 Å². The van der Waals surface area contributed by atoms with Crippen molar-refractivity contribution in [2.75, 3.05) is 0 Å². The number of nitrogens with zero attached hydrogens (tertiary/aromatic N) is 2. The van der Waals surface area contributed by atoms with Crippen LogP contribution in [-0.2, 0) is 11.3 Å². The predicted octanol–water partition coefficient (Wildman–Crippen LogP) is 6.41. The number of aliphatic hydroxyl groups is 1. The molecule has 4 aliphatic carbocycles. The number of ketones is 1. The Kier molecular flexibility index (Phi) is 5.30. The first-order chi connectivity index (χ1) is 16.3. The lowest BCUT2D eigenvalue weighted by Gasteiger charge is -2.63. The molecule has 1 aromatic carbocycles. The fourth-order valence-corrected chi connectivity index (χ4v) is 9.84. The zero-order valence-electron chi connectivity index (χ0n) is 21.3. The highest BCUT2D eigenvalue weighted by Crippen LogP contribution is 2.69. The molecule has 2 aromatic rings. The minimum atomic E-state index is -0.471. The molecule has 6 rings (SSSR count). The van der Waals surface area contributed by atoms with Gasteiger partial charge in [0.2, 0.25) is 0 Å². The van der Waals surface area contributed by atoms with E-state index in [1.165, 1.54) is 44.9 Å². The molecule has 4 nitrogen and oxygen atoms in total. The van der Waals surface area contributed by atoms with E-state index >= 15 is 0 Å². The number of benzene rings is 1. The minimum Gasteiger partial charge on any atom is -0.390 e. The summed E-state index contributed by atoms with van der Waals surface area (Å²) in [6.07, 6.45) is 13.8. The van der Waals surface area contributed by atoms with E-state index in [0.29, 0.717) is 29.6 Å². The van der Waals surface area contributed by atoms with Gasteiger partial charge >= 0.3 is 0 Å². The second kappa shape index (κ2) is 7.91. The van der Waals surface area contributed by atoms with Gasteiger partial charge in [-0.25, -0.2) is 0 Å². The summed E-state index contributed by atoms with van der Waals surface area (Å²) in [6.45, 7) is 7.34. The number of carbonyl (C=O) groups is 1. The van der Waals surface area contributed by atoms with Crippen molar-refractivity contribution < 1.29 is 9.90 Å². The summed E-state index contributed by atoms with van der Waals surface area (Å²) in [5.41, 5.74) is 1.07. The fourth-order valence-electron chi connectivity index (χ4n) is 9.84. The Morgan fingerprint density at radius 2 is 1.88 bits per heavy atom. The first-order valence-electron chi connectivity index (χ1n) is 13.9. The summed E-state index contributed by atoms with van der Waals surface area (Å²) < 4.78 is 1.88. The third kappa shape index (κ3) is 3.34. The second-order valence-electron chi connectivity index (χ2n) is 13.0. The molecule has 0 spiro atoms. The summed E-state index contributed by atoms with van der Waals surface area (Å²) in [6, 6.07) is 8.13. The first kappa shape index (κ1) is 22.8. The first-order valence-corrected chi connectivity index (χ1v) is 13.9. The molecular formula is C30H42N2O2. The van der Waals surface area contributed by atoms with Gasteiger partial charge in [0.25, 0.3) is 0 Å². The molecule has 34 heavy (non-hydrogen) atoms. The van der Waals surface area contributed by atoms with Gasteiger partial charge < -0.3 is 5.11 Å². The van der Waals surface area contributed by atoms with E-state index < -0.39 is 5.60 Å². The van der Waals surface area contributed by atoms with Crippen LogP contribution in [0.25, 0.3) is 10.9 Å². The third-order valence-corrected chi connectivity index (χ3v) is 11.5. The zero-order chi connectivity index (χ0) is 23.7. The lowest BCUT2D eigenvalue weighted by atomic mass is 9.42. The highest BCUT2D eigenvalue weighted by Gasteiger charge is 2.62. The van der Waals surface area contributed by atoms with E-state index in [9.17, 15) is 9.90 Å². The number of carbonyl (C=O) groups excluding carboxylic acids is 1. The van der Waals surface area contributed by atoms with Crippen LogP contribution in [0.2, 0.25) is 0 Å². The van der Waals surface area contributed by atoms with E-state index in [0.717, 1.165) is 42.0 Å². The lowest BCUT2D eigenvalue weighted by Crippen LogP contribution is -2.56. The summed E-state index contributed by atoms with van der Waals surface area (Å²) in [5, 5.41) is 16.6. The Bertz CT molecular complexity index is 1060. The molecule has 8 atom stereocenters. The topological polar surface area (TPSA) is 55.1 Å².